The van der Waals surface area contributed by atoms with Crippen LogP contribution >= 0.6 is 12.2 Å². The van der Waals surface area contributed by atoms with E-state index in [-0.39, 0.29) is 0 Å². The molecule has 0 aliphatic carbocycles. The number of amides is 1. The van der Waals surface area contributed by atoms with Gasteiger partial charge in [0.15, 0.2) is 0 Å². The highest BCUT2D eigenvalue weighted by Crippen LogP contribution is 2.29. The Morgan fingerprint density at radius 3 is 2.55 bits per heavy atom. The molecule has 0 saturated carbocycles. The zero-order valence-electron chi connectivity index (χ0n) is 11.9. The second-order valence-corrected chi connectivity index (χ2v) is 5.09. The number of thiocarbonyl (C=S) groups is 1. The van der Waals surface area contributed by atoms with E-state index in [2.05, 4.69) is 5.43 Å². The number of carbonyl (C=O) groups is 1. The maximum absolute atomic E-state index is 12.2. The predicted molar refractivity (Wildman–Crippen MR) is 82.2 cm³/mol. The van der Waals surface area contributed by atoms with Crippen LogP contribution in [0.4, 0.5) is 10.5 Å². The molecule has 5 nitrogen and oxygen atoms in total. The van der Waals surface area contributed by atoms with Gasteiger partial charge >= 0.3 is 6.09 Å². The molecule has 0 aromatic heterocycles. The van der Waals surface area contributed by atoms with Gasteiger partial charge in [0.25, 0.3) is 0 Å². The second-order valence-electron chi connectivity index (χ2n) is 4.73. The molecule has 1 aliphatic rings. The number of hydrogen-bond donors (Lipinski definition) is 1. The maximum atomic E-state index is 12.2. The molecule has 1 aromatic carbocycles. The fourth-order valence-corrected chi connectivity index (χ4v) is 2.53. The van der Waals surface area contributed by atoms with Crippen molar-refractivity contribution in [2.24, 2.45) is 0 Å². The zero-order valence-corrected chi connectivity index (χ0v) is 12.7. The molecule has 2 rings (SSSR count). The Balaban J connectivity index is 2.33. The summed E-state index contributed by atoms with van der Waals surface area (Å²) in [7, 11) is 0. The Morgan fingerprint density at radius 2 is 2.00 bits per heavy atom. The van der Waals surface area contributed by atoms with Gasteiger partial charge in [-0.2, -0.15) is 0 Å². The quantitative estimate of drug-likeness (QED) is 0.868. The summed E-state index contributed by atoms with van der Waals surface area (Å²) in [6.07, 6.45) is 0.280. The fraction of sp³-hybridized carbons (Fsp3) is 0.429. The smallest absolute Gasteiger partial charge is 0.417 e. The van der Waals surface area contributed by atoms with Crippen LogP contribution in [0.5, 0.6) is 0 Å². The fourth-order valence-electron chi connectivity index (χ4n) is 2.11. The number of rotatable bonds is 3. The number of hydrazine groups is 1. The van der Waals surface area contributed by atoms with Gasteiger partial charge in [-0.05, 0) is 44.6 Å². The van der Waals surface area contributed by atoms with Crippen molar-refractivity contribution < 1.29 is 9.53 Å². The van der Waals surface area contributed by atoms with Crippen LogP contribution in [0.15, 0.2) is 30.3 Å². The molecule has 0 radical (unpaired) electrons. The average molecular weight is 293 g/mol. The molecule has 6 heteroatoms. The van der Waals surface area contributed by atoms with E-state index in [1.807, 2.05) is 44.2 Å². The molecular weight excluding hydrogens is 274 g/mol. The largest absolute Gasteiger partial charge is 0.449 e. The number of ether oxygens (including phenoxy) is 1. The topological polar surface area (TPSA) is 44.8 Å². The molecule has 1 aromatic rings. The Kier molecular flexibility index (Phi) is 4.25. The monoisotopic (exact) mass is 293 g/mol. The van der Waals surface area contributed by atoms with Crippen LogP contribution < -0.4 is 10.4 Å². The van der Waals surface area contributed by atoms with Gasteiger partial charge in [0.2, 0.25) is 5.11 Å². The van der Waals surface area contributed by atoms with Gasteiger partial charge in [0.05, 0.1) is 12.3 Å². The van der Waals surface area contributed by atoms with Crippen molar-refractivity contribution in [3.05, 3.63) is 30.3 Å². The van der Waals surface area contributed by atoms with Crippen molar-refractivity contribution in [2.45, 2.75) is 32.9 Å². The molecule has 1 N–H and O–H groups in total. The molecule has 1 unspecified atom stereocenters. The maximum Gasteiger partial charge on any atom is 0.417 e. The van der Waals surface area contributed by atoms with Crippen LogP contribution in [0.2, 0.25) is 0 Å². The summed E-state index contributed by atoms with van der Waals surface area (Å²) < 4.78 is 5.11. The number of hydrogen-bond acceptors (Lipinski definition) is 4. The second kappa shape index (κ2) is 5.76. The highest BCUT2D eigenvalue weighted by atomic mass is 32.1. The number of benzene rings is 1. The first-order valence-corrected chi connectivity index (χ1v) is 7.08. The van der Waals surface area contributed by atoms with Crippen LogP contribution in [0, 0.1) is 0 Å². The lowest BCUT2D eigenvalue weighted by Crippen LogP contribution is -2.52. The van der Waals surface area contributed by atoms with Crippen molar-refractivity contribution in [3.63, 3.8) is 0 Å². The summed E-state index contributed by atoms with van der Waals surface area (Å²) in [6.45, 7) is 6.03. The van der Waals surface area contributed by atoms with E-state index in [9.17, 15) is 4.79 Å². The molecule has 0 spiro atoms. The van der Waals surface area contributed by atoms with Crippen molar-refractivity contribution in [3.8, 4) is 0 Å². The van der Waals surface area contributed by atoms with E-state index in [0.717, 1.165) is 5.69 Å². The first kappa shape index (κ1) is 14.7. The summed E-state index contributed by atoms with van der Waals surface area (Å²) in [5, 5.41) is 2.15. The van der Waals surface area contributed by atoms with Gasteiger partial charge < -0.3 is 4.74 Å². The minimum atomic E-state index is -0.584. The third-order valence-electron chi connectivity index (χ3n) is 3.38. The minimum Gasteiger partial charge on any atom is -0.449 e. The first-order valence-electron chi connectivity index (χ1n) is 6.67. The lowest BCUT2D eigenvalue weighted by molar-refractivity contribution is 0.0941. The Hall–Kier alpha value is -1.66. The lowest BCUT2D eigenvalue weighted by Gasteiger charge is -2.30. The number of anilines is 1. The van der Waals surface area contributed by atoms with Crippen LogP contribution in [0.25, 0.3) is 0 Å². The van der Waals surface area contributed by atoms with Gasteiger partial charge in [-0.3, -0.25) is 0 Å². The van der Waals surface area contributed by atoms with Crippen LogP contribution in [0.1, 0.15) is 27.2 Å². The number of nitrogens with one attached hydrogen (secondary N) is 1. The van der Waals surface area contributed by atoms with Crippen LogP contribution in [-0.4, -0.2) is 28.4 Å². The SMILES string of the molecule is CCOC(=O)N1C(=S)N(c2ccccc2)NC1(C)CC. The van der Waals surface area contributed by atoms with Crippen LogP contribution in [0.3, 0.4) is 0 Å². The Labute approximate surface area is 124 Å². The molecule has 1 aliphatic heterocycles. The Morgan fingerprint density at radius 1 is 1.35 bits per heavy atom. The predicted octanol–water partition coefficient (Wildman–Crippen LogP) is 2.88. The molecule has 1 heterocycles. The molecule has 0 bridgehead atoms. The first-order chi connectivity index (χ1) is 9.53. The number of carbonyl (C=O) groups excluding carboxylic acids is 1. The normalized spacial score (nSPS) is 22.2. The third kappa shape index (κ3) is 2.48. The standard InChI is InChI=1S/C14H19N3O2S/c1-4-14(3)15-17(11-9-7-6-8-10-11)12(20)16(14)13(18)19-5-2/h6-10,15H,4-5H2,1-3H3. The van der Waals surface area contributed by atoms with E-state index in [4.69, 9.17) is 17.0 Å². The molecule has 1 fully saturated rings. The van der Waals surface area contributed by atoms with Gasteiger partial charge in [0, 0.05) is 0 Å². The van der Waals surface area contributed by atoms with Gasteiger partial charge in [-0.25, -0.2) is 20.1 Å². The van der Waals surface area contributed by atoms with Gasteiger partial charge in [-0.1, -0.05) is 25.1 Å². The molecule has 1 saturated heterocycles. The molecule has 1 amide bonds. The zero-order chi connectivity index (χ0) is 14.8. The minimum absolute atomic E-state index is 0.322. The van der Waals surface area contributed by atoms with Crippen LogP contribution in [-0.2, 0) is 4.74 Å². The summed E-state index contributed by atoms with van der Waals surface area (Å²) in [5.74, 6) is 0. The molecule has 1 atom stereocenters. The molecular formula is C14H19N3O2S. The van der Waals surface area contributed by atoms with E-state index < -0.39 is 11.8 Å². The van der Waals surface area contributed by atoms with E-state index in [0.29, 0.717) is 18.1 Å². The van der Waals surface area contributed by atoms with E-state index in [1.54, 1.807) is 11.9 Å². The highest BCUT2D eigenvalue weighted by Gasteiger charge is 2.47. The summed E-state index contributed by atoms with van der Waals surface area (Å²) >= 11 is 5.44. The van der Waals surface area contributed by atoms with Crippen molar-refractivity contribution in [1.82, 2.24) is 10.3 Å². The Bertz CT molecular complexity index is 508. The number of nitrogens with zero attached hydrogens (tertiary/aromatic N) is 2. The van der Waals surface area contributed by atoms with Crippen molar-refractivity contribution in [1.29, 1.82) is 0 Å². The third-order valence-corrected chi connectivity index (χ3v) is 3.75. The summed E-state index contributed by atoms with van der Waals surface area (Å²) in [4.78, 5) is 13.7. The average Bonchev–Trinajstić information content (AvgIpc) is 2.72. The van der Waals surface area contributed by atoms with Crippen molar-refractivity contribution in [2.75, 3.05) is 11.6 Å². The molecule has 20 heavy (non-hydrogen) atoms. The van der Waals surface area contributed by atoms with Crippen molar-refractivity contribution >= 4 is 29.1 Å². The highest BCUT2D eigenvalue weighted by molar-refractivity contribution is 7.80. The van der Waals surface area contributed by atoms with Gasteiger partial charge in [0.1, 0.15) is 5.66 Å². The number of para-hydroxylation sites is 1. The van der Waals surface area contributed by atoms with Gasteiger partial charge in [-0.15, -0.1) is 0 Å². The lowest BCUT2D eigenvalue weighted by atomic mass is 10.1. The molecule has 108 valence electrons. The van der Waals surface area contributed by atoms with E-state index in [1.165, 1.54) is 4.90 Å². The summed E-state index contributed by atoms with van der Waals surface area (Å²) in [5.41, 5.74) is 3.60. The van der Waals surface area contributed by atoms with E-state index >= 15 is 0 Å². The summed E-state index contributed by atoms with van der Waals surface area (Å²) in [6, 6.07) is 9.66.